The number of aliphatic hydroxyl groups is 1. The maximum Gasteiger partial charge on any atom is 0.408 e. The van der Waals surface area contributed by atoms with E-state index in [2.05, 4.69) is 0 Å². The van der Waals surface area contributed by atoms with E-state index in [1.54, 1.807) is 13.8 Å². The summed E-state index contributed by atoms with van der Waals surface area (Å²) in [5, 5.41) is 27.9. The molecule has 1 heterocycles. The van der Waals surface area contributed by atoms with Crippen LogP contribution >= 0.6 is 0 Å². The van der Waals surface area contributed by atoms with Crippen LogP contribution in [0, 0.1) is 10.8 Å². The van der Waals surface area contributed by atoms with Crippen molar-refractivity contribution >= 4 is 11.8 Å². The molecular formula is C12H22N2O3. The van der Waals surface area contributed by atoms with Gasteiger partial charge in [0.2, 0.25) is 0 Å². The number of carbonyl (C=O) groups is 1. The zero-order valence-corrected chi connectivity index (χ0v) is 11.2. The second-order valence-corrected chi connectivity index (χ2v) is 6.23. The van der Waals surface area contributed by atoms with Crippen molar-refractivity contribution in [1.82, 2.24) is 4.90 Å². The van der Waals surface area contributed by atoms with E-state index in [9.17, 15) is 9.90 Å². The van der Waals surface area contributed by atoms with Crippen molar-refractivity contribution in [3.8, 4) is 0 Å². The Bertz CT molecular complexity index is 357. The van der Waals surface area contributed by atoms with Gasteiger partial charge in [0.15, 0.2) is 0 Å². The second-order valence-electron chi connectivity index (χ2n) is 6.23. The molecule has 0 spiro atoms. The maximum atomic E-state index is 11.1. The highest BCUT2D eigenvalue weighted by Crippen LogP contribution is 2.42. The summed E-state index contributed by atoms with van der Waals surface area (Å²) in [5.41, 5.74) is -2.62. The van der Waals surface area contributed by atoms with E-state index >= 15 is 0 Å². The van der Waals surface area contributed by atoms with Crippen molar-refractivity contribution in [2.75, 3.05) is 6.54 Å². The van der Waals surface area contributed by atoms with Gasteiger partial charge in [0, 0.05) is 6.54 Å². The van der Waals surface area contributed by atoms with Crippen molar-refractivity contribution in [1.29, 1.82) is 5.41 Å². The molecule has 1 aliphatic heterocycles. The summed E-state index contributed by atoms with van der Waals surface area (Å²) < 4.78 is 0. The minimum absolute atomic E-state index is 0.0751. The van der Waals surface area contributed by atoms with Crippen LogP contribution in [-0.4, -0.2) is 44.6 Å². The molecule has 0 saturated carbocycles. The molecule has 1 amide bonds. The van der Waals surface area contributed by atoms with Crippen molar-refractivity contribution in [2.45, 2.75) is 52.2 Å². The Morgan fingerprint density at radius 2 is 1.88 bits per heavy atom. The first-order valence-electron chi connectivity index (χ1n) is 5.77. The molecule has 17 heavy (non-hydrogen) atoms. The predicted molar refractivity (Wildman–Crippen MR) is 65.6 cm³/mol. The van der Waals surface area contributed by atoms with Gasteiger partial charge < -0.3 is 15.6 Å². The molecule has 0 aromatic rings. The van der Waals surface area contributed by atoms with Crippen LogP contribution in [0.2, 0.25) is 0 Å². The van der Waals surface area contributed by atoms with Gasteiger partial charge in [-0.2, -0.15) is 0 Å². The lowest BCUT2D eigenvalue weighted by Crippen LogP contribution is -2.68. The normalized spacial score (nSPS) is 29.3. The first kappa shape index (κ1) is 14.0. The lowest BCUT2D eigenvalue weighted by atomic mass is 9.64. The molecule has 1 unspecified atom stereocenters. The van der Waals surface area contributed by atoms with Crippen LogP contribution in [0.15, 0.2) is 0 Å². The third kappa shape index (κ3) is 1.92. The zero-order valence-electron chi connectivity index (χ0n) is 11.2. The second kappa shape index (κ2) is 3.70. The quantitative estimate of drug-likeness (QED) is 0.607. The van der Waals surface area contributed by atoms with Gasteiger partial charge in [0.25, 0.3) is 0 Å². The summed E-state index contributed by atoms with van der Waals surface area (Å²) in [5.74, 6) is 0. The molecule has 1 fully saturated rings. The van der Waals surface area contributed by atoms with Crippen molar-refractivity contribution in [3.63, 3.8) is 0 Å². The smallest absolute Gasteiger partial charge is 0.408 e. The van der Waals surface area contributed by atoms with Gasteiger partial charge >= 0.3 is 6.09 Å². The first-order valence-corrected chi connectivity index (χ1v) is 5.77. The summed E-state index contributed by atoms with van der Waals surface area (Å²) in [6.07, 6.45) is -0.777. The summed E-state index contributed by atoms with van der Waals surface area (Å²) in [6.45, 7) is 9.19. The molecule has 1 atom stereocenters. The van der Waals surface area contributed by atoms with Crippen molar-refractivity contribution < 1.29 is 15.0 Å². The monoisotopic (exact) mass is 242 g/mol. The Kier molecular flexibility index (Phi) is 3.04. The van der Waals surface area contributed by atoms with E-state index in [0.717, 1.165) is 0 Å². The molecule has 0 aliphatic carbocycles. The van der Waals surface area contributed by atoms with Crippen LogP contribution in [0.5, 0.6) is 0 Å². The van der Waals surface area contributed by atoms with Crippen LogP contribution < -0.4 is 0 Å². The molecule has 3 N–H and O–H groups in total. The topological polar surface area (TPSA) is 84.6 Å². The Morgan fingerprint density at radius 1 is 1.41 bits per heavy atom. The highest BCUT2D eigenvalue weighted by molar-refractivity contribution is 6.00. The van der Waals surface area contributed by atoms with E-state index < -0.39 is 22.6 Å². The van der Waals surface area contributed by atoms with Crippen molar-refractivity contribution in [3.05, 3.63) is 0 Å². The van der Waals surface area contributed by atoms with Gasteiger partial charge in [-0.1, -0.05) is 20.8 Å². The van der Waals surface area contributed by atoms with Gasteiger partial charge in [-0.3, -0.25) is 4.90 Å². The molecular weight excluding hydrogens is 220 g/mol. The summed E-state index contributed by atoms with van der Waals surface area (Å²) in [4.78, 5) is 12.3. The number of hydrogen-bond donors (Lipinski definition) is 3. The minimum atomic E-state index is -1.25. The Balaban J connectivity index is 3.18. The Labute approximate surface area is 102 Å². The molecule has 1 saturated heterocycles. The van der Waals surface area contributed by atoms with Crippen LogP contribution in [0.3, 0.4) is 0 Å². The third-order valence-corrected chi connectivity index (χ3v) is 3.87. The minimum Gasteiger partial charge on any atom is -0.465 e. The largest absolute Gasteiger partial charge is 0.465 e. The fourth-order valence-corrected chi connectivity index (χ4v) is 2.40. The molecule has 0 bridgehead atoms. The SMILES string of the molecule is CC1(C)C(=N)C(O)(C(C)(C)C)CCN1C(=O)O. The molecule has 5 nitrogen and oxygen atoms in total. The van der Waals surface area contributed by atoms with Crippen LogP contribution in [-0.2, 0) is 0 Å². The number of amides is 1. The molecule has 98 valence electrons. The van der Waals surface area contributed by atoms with Crippen LogP contribution in [0.1, 0.15) is 41.0 Å². The van der Waals surface area contributed by atoms with Crippen LogP contribution in [0.4, 0.5) is 4.79 Å². The lowest BCUT2D eigenvalue weighted by molar-refractivity contribution is -0.0390. The lowest BCUT2D eigenvalue weighted by Gasteiger charge is -2.53. The van der Waals surface area contributed by atoms with E-state index in [-0.39, 0.29) is 18.7 Å². The van der Waals surface area contributed by atoms with Crippen LogP contribution in [0.25, 0.3) is 0 Å². The molecule has 1 aliphatic rings. The summed E-state index contributed by atoms with van der Waals surface area (Å²) >= 11 is 0. The fourth-order valence-electron chi connectivity index (χ4n) is 2.40. The van der Waals surface area contributed by atoms with E-state index in [1.165, 1.54) is 4.90 Å². The number of hydrogen-bond acceptors (Lipinski definition) is 3. The van der Waals surface area contributed by atoms with Gasteiger partial charge in [-0.05, 0) is 25.7 Å². The van der Waals surface area contributed by atoms with Crippen molar-refractivity contribution in [2.24, 2.45) is 5.41 Å². The third-order valence-electron chi connectivity index (χ3n) is 3.87. The molecule has 0 aromatic heterocycles. The van der Waals surface area contributed by atoms with E-state index in [1.807, 2.05) is 20.8 Å². The molecule has 1 rings (SSSR count). The van der Waals surface area contributed by atoms with E-state index in [0.29, 0.717) is 0 Å². The van der Waals surface area contributed by atoms with Gasteiger partial charge in [0.1, 0.15) is 5.60 Å². The average molecular weight is 242 g/mol. The zero-order chi connectivity index (χ0) is 13.6. The maximum absolute atomic E-state index is 11.1. The number of carboxylic acid groups (broad SMARTS) is 1. The summed E-state index contributed by atoms with van der Waals surface area (Å²) in [6, 6.07) is 0. The molecule has 0 radical (unpaired) electrons. The standard InChI is InChI=1S/C12H22N2O3/c1-10(2,3)12(17)6-7-14(9(15)16)11(4,5)8(12)13/h13,17H,6-7H2,1-5H3,(H,15,16). The molecule has 0 aromatic carbocycles. The highest BCUT2D eigenvalue weighted by atomic mass is 16.4. The average Bonchev–Trinajstić information content (AvgIpc) is 2.11. The van der Waals surface area contributed by atoms with Gasteiger partial charge in [0.05, 0.1) is 11.3 Å². The number of nitrogens with one attached hydrogen (secondary N) is 1. The summed E-state index contributed by atoms with van der Waals surface area (Å²) in [7, 11) is 0. The van der Waals surface area contributed by atoms with E-state index in [4.69, 9.17) is 10.5 Å². The Hall–Kier alpha value is -1.10. The number of piperidine rings is 1. The number of nitrogens with zero attached hydrogens (tertiary/aromatic N) is 1. The van der Waals surface area contributed by atoms with Gasteiger partial charge in [-0.15, -0.1) is 0 Å². The number of rotatable bonds is 0. The number of likely N-dealkylation sites (tertiary alicyclic amines) is 1. The first-order chi connectivity index (χ1) is 7.44. The fraction of sp³-hybridized carbons (Fsp3) is 0.833. The Morgan fingerprint density at radius 3 is 2.24 bits per heavy atom. The van der Waals surface area contributed by atoms with Gasteiger partial charge in [-0.25, -0.2) is 4.79 Å². The predicted octanol–water partition coefficient (Wildman–Crippen LogP) is 1.95. The highest BCUT2D eigenvalue weighted by Gasteiger charge is 2.55. The molecule has 5 heteroatoms.